The quantitative estimate of drug-likeness (QED) is 0.695. The lowest BCUT2D eigenvalue weighted by molar-refractivity contribution is 0.393. The Balaban J connectivity index is 2.83. The number of ether oxygens (including phenoxy) is 1. The van der Waals surface area contributed by atoms with E-state index in [1.54, 1.807) is 7.11 Å². The standard InChI is InChI=1S/C17H29NO/c1-6-7-8-9-10-16(18-4)15-12-11-13(2)14(3)17(15)19-5/h11-12,16,18H,6-10H2,1-5H3. The Hall–Kier alpha value is -1.02. The first-order valence-corrected chi connectivity index (χ1v) is 7.47. The van der Waals surface area contributed by atoms with Crippen LogP contribution in [0.5, 0.6) is 5.75 Å². The van der Waals surface area contributed by atoms with Gasteiger partial charge in [-0.15, -0.1) is 0 Å². The number of aryl methyl sites for hydroxylation is 1. The molecule has 2 heteroatoms. The normalized spacial score (nSPS) is 12.5. The van der Waals surface area contributed by atoms with Crippen LogP contribution in [-0.2, 0) is 0 Å². The van der Waals surface area contributed by atoms with Crippen LogP contribution in [0.15, 0.2) is 12.1 Å². The van der Waals surface area contributed by atoms with Gasteiger partial charge < -0.3 is 10.1 Å². The molecule has 0 bridgehead atoms. The van der Waals surface area contributed by atoms with Gasteiger partial charge in [-0.2, -0.15) is 0 Å². The summed E-state index contributed by atoms with van der Waals surface area (Å²) in [7, 11) is 3.81. The molecule has 0 aliphatic heterocycles. The van der Waals surface area contributed by atoms with Crippen LogP contribution >= 0.6 is 0 Å². The molecule has 19 heavy (non-hydrogen) atoms. The average Bonchev–Trinajstić information content (AvgIpc) is 2.42. The molecule has 2 nitrogen and oxygen atoms in total. The van der Waals surface area contributed by atoms with Crippen molar-refractivity contribution in [2.75, 3.05) is 14.2 Å². The second kappa shape index (κ2) is 8.21. The number of methoxy groups -OCH3 is 1. The third-order valence-electron chi connectivity index (χ3n) is 3.98. The molecule has 0 amide bonds. The highest BCUT2D eigenvalue weighted by molar-refractivity contribution is 5.46. The zero-order chi connectivity index (χ0) is 14.3. The number of nitrogens with one attached hydrogen (secondary N) is 1. The number of benzene rings is 1. The monoisotopic (exact) mass is 263 g/mol. The van der Waals surface area contributed by atoms with Crippen LogP contribution in [0.1, 0.15) is 61.8 Å². The molecule has 0 aliphatic carbocycles. The number of unbranched alkanes of at least 4 members (excludes halogenated alkanes) is 3. The van der Waals surface area contributed by atoms with Crippen molar-refractivity contribution < 1.29 is 4.74 Å². The van der Waals surface area contributed by atoms with Crippen molar-refractivity contribution in [3.63, 3.8) is 0 Å². The minimum atomic E-state index is 0.395. The fraction of sp³-hybridized carbons (Fsp3) is 0.647. The smallest absolute Gasteiger partial charge is 0.126 e. The Bertz CT molecular complexity index is 387. The Labute approximate surface area is 118 Å². The Morgan fingerprint density at radius 2 is 1.89 bits per heavy atom. The average molecular weight is 263 g/mol. The van der Waals surface area contributed by atoms with Gasteiger partial charge in [0.1, 0.15) is 5.75 Å². The third kappa shape index (κ3) is 4.24. The molecule has 1 N–H and O–H groups in total. The van der Waals surface area contributed by atoms with Crippen LogP contribution in [0.25, 0.3) is 0 Å². The van der Waals surface area contributed by atoms with Gasteiger partial charge in [0.2, 0.25) is 0 Å². The van der Waals surface area contributed by atoms with Crippen molar-refractivity contribution in [3.05, 3.63) is 28.8 Å². The van der Waals surface area contributed by atoms with E-state index in [0.717, 1.165) is 5.75 Å². The zero-order valence-corrected chi connectivity index (χ0v) is 13.2. The molecule has 0 saturated heterocycles. The first-order chi connectivity index (χ1) is 9.15. The van der Waals surface area contributed by atoms with Gasteiger partial charge in [0, 0.05) is 11.6 Å². The molecule has 0 aliphatic rings. The molecule has 0 aromatic heterocycles. The molecule has 0 fully saturated rings. The molecule has 1 rings (SSSR count). The molecule has 108 valence electrons. The van der Waals surface area contributed by atoms with E-state index in [9.17, 15) is 0 Å². The minimum Gasteiger partial charge on any atom is -0.496 e. The molecule has 0 spiro atoms. The lowest BCUT2D eigenvalue weighted by atomic mass is 9.95. The Morgan fingerprint density at radius 3 is 2.47 bits per heavy atom. The van der Waals surface area contributed by atoms with Gasteiger partial charge in [-0.1, -0.05) is 44.7 Å². The highest BCUT2D eigenvalue weighted by Gasteiger charge is 2.16. The summed E-state index contributed by atoms with van der Waals surface area (Å²) >= 11 is 0. The molecular weight excluding hydrogens is 234 g/mol. The van der Waals surface area contributed by atoms with Crippen molar-refractivity contribution in [1.29, 1.82) is 0 Å². The van der Waals surface area contributed by atoms with Crippen LogP contribution in [0.3, 0.4) is 0 Å². The first kappa shape index (κ1) is 16.0. The van der Waals surface area contributed by atoms with Crippen LogP contribution in [0.2, 0.25) is 0 Å². The second-order valence-electron chi connectivity index (χ2n) is 5.32. The van der Waals surface area contributed by atoms with Crippen LogP contribution in [0.4, 0.5) is 0 Å². The first-order valence-electron chi connectivity index (χ1n) is 7.47. The number of hydrogen-bond acceptors (Lipinski definition) is 2. The van der Waals surface area contributed by atoms with E-state index in [1.807, 2.05) is 7.05 Å². The van der Waals surface area contributed by atoms with E-state index < -0.39 is 0 Å². The fourth-order valence-electron chi connectivity index (χ4n) is 2.59. The van der Waals surface area contributed by atoms with Crippen molar-refractivity contribution in [3.8, 4) is 5.75 Å². The topological polar surface area (TPSA) is 21.3 Å². The maximum absolute atomic E-state index is 5.63. The summed E-state index contributed by atoms with van der Waals surface area (Å²) in [6, 6.07) is 4.80. The predicted molar refractivity (Wildman–Crippen MR) is 83.0 cm³/mol. The van der Waals surface area contributed by atoms with Crippen molar-refractivity contribution in [2.45, 2.75) is 58.9 Å². The number of rotatable bonds is 8. The molecule has 1 aromatic carbocycles. The van der Waals surface area contributed by atoms with Crippen LogP contribution < -0.4 is 10.1 Å². The maximum atomic E-state index is 5.63. The Morgan fingerprint density at radius 1 is 1.16 bits per heavy atom. The second-order valence-corrected chi connectivity index (χ2v) is 5.32. The summed E-state index contributed by atoms with van der Waals surface area (Å²) in [5, 5.41) is 3.44. The molecule has 1 atom stereocenters. The van der Waals surface area contributed by atoms with Crippen molar-refractivity contribution in [1.82, 2.24) is 5.32 Å². The van der Waals surface area contributed by atoms with E-state index >= 15 is 0 Å². The molecule has 1 unspecified atom stereocenters. The zero-order valence-electron chi connectivity index (χ0n) is 13.2. The summed E-state index contributed by atoms with van der Waals surface area (Å²) in [4.78, 5) is 0. The van der Waals surface area contributed by atoms with Gasteiger partial charge in [-0.25, -0.2) is 0 Å². The summed E-state index contributed by atoms with van der Waals surface area (Å²) in [5.74, 6) is 1.05. The predicted octanol–water partition coefficient (Wildman–Crippen LogP) is 4.54. The number of hydrogen-bond donors (Lipinski definition) is 1. The molecule has 0 saturated carbocycles. The van der Waals surface area contributed by atoms with E-state index in [4.69, 9.17) is 4.74 Å². The van der Waals surface area contributed by atoms with E-state index in [0.29, 0.717) is 6.04 Å². The largest absolute Gasteiger partial charge is 0.496 e. The summed E-state index contributed by atoms with van der Waals surface area (Å²) in [6.45, 7) is 6.53. The van der Waals surface area contributed by atoms with Gasteiger partial charge >= 0.3 is 0 Å². The van der Waals surface area contributed by atoms with Crippen LogP contribution in [0, 0.1) is 13.8 Å². The van der Waals surface area contributed by atoms with E-state index in [2.05, 4.69) is 38.2 Å². The van der Waals surface area contributed by atoms with Crippen molar-refractivity contribution in [2.24, 2.45) is 0 Å². The molecule has 0 heterocycles. The van der Waals surface area contributed by atoms with Gasteiger partial charge in [-0.3, -0.25) is 0 Å². The minimum absolute atomic E-state index is 0.395. The van der Waals surface area contributed by atoms with Gasteiger partial charge in [0.15, 0.2) is 0 Å². The fourth-order valence-corrected chi connectivity index (χ4v) is 2.59. The molecule has 0 radical (unpaired) electrons. The molecule has 1 aromatic rings. The summed E-state index contributed by atoms with van der Waals surface area (Å²) in [5.41, 5.74) is 3.85. The maximum Gasteiger partial charge on any atom is 0.126 e. The third-order valence-corrected chi connectivity index (χ3v) is 3.98. The summed E-state index contributed by atoms with van der Waals surface area (Å²) < 4.78 is 5.63. The highest BCUT2D eigenvalue weighted by Crippen LogP contribution is 2.33. The lowest BCUT2D eigenvalue weighted by Crippen LogP contribution is -2.17. The van der Waals surface area contributed by atoms with Crippen LogP contribution in [-0.4, -0.2) is 14.2 Å². The SMILES string of the molecule is CCCCCCC(NC)c1ccc(C)c(C)c1OC. The van der Waals surface area contributed by atoms with E-state index in [1.165, 1.54) is 48.8 Å². The highest BCUT2D eigenvalue weighted by atomic mass is 16.5. The molecular formula is C17H29NO. The Kier molecular flexibility index (Phi) is 6.93. The summed E-state index contributed by atoms with van der Waals surface area (Å²) in [6.07, 6.45) is 6.39. The van der Waals surface area contributed by atoms with E-state index in [-0.39, 0.29) is 0 Å². The van der Waals surface area contributed by atoms with Gasteiger partial charge in [0.25, 0.3) is 0 Å². The lowest BCUT2D eigenvalue weighted by Gasteiger charge is -2.21. The van der Waals surface area contributed by atoms with Crippen molar-refractivity contribution >= 4 is 0 Å². The van der Waals surface area contributed by atoms with Gasteiger partial charge in [0.05, 0.1) is 7.11 Å². The van der Waals surface area contributed by atoms with Gasteiger partial charge in [-0.05, 0) is 38.4 Å².